The Morgan fingerprint density at radius 2 is 1.83 bits per heavy atom. The summed E-state index contributed by atoms with van der Waals surface area (Å²) in [5.41, 5.74) is 1.92. The summed E-state index contributed by atoms with van der Waals surface area (Å²) in [7, 11) is 3.09. The number of amides is 2. The molecule has 1 aliphatic rings. The third-order valence-corrected chi connectivity index (χ3v) is 5.13. The number of carbonyl (C=O) groups excluding carboxylic acids is 1. The van der Waals surface area contributed by atoms with E-state index in [0.717, 1.165) is 5.69 Å². The fourth-order valence-electron chi connectivity index (χ4n) is 3.74. The Hall–Kier alpha value is -3.48. The lowest BCUT2D eigenvalue weighted by molar-refractivity contribution is 0.180. The zero-order valence-corrected chi connectivity index (χ0v) is 16.3. The van der Waals surface area contributed by atoms with Crippen molar-refractivity contribution < 1.29 is 18.7 Å². The first-order valence-corrected chi connectivity index (χ1v) is 9.31. The van der Waals surface area contributed by atoms with Crippen LogP contribution in [0.3, 0.4) is 0 Å². The monoisotopic (exact) mass is 395 g/mol. The van der Waals surface area contributed by atoms with E-state index in [2.05, 4.69) is 9.88 Å². The van der Waals surface area contributed by atoms with Gasteiger partial charge in [-0.25, -0.2) is 9.18 Å². The molecule has 0 fully saturated rings. The number of benzene rings is 2. The van der Waals surface area contributed by atoms with Gasteiger partial charge in [0.15, 0.2) is 11.5 Å². The van der Waals surface area contributed by atoms with E-state index in [0.29, 0.717) is 35.8 Å². The minimum Gasteiger partial charge on any atom is -0.493 e. The summed E-state index contributed by atoms with van der Waals surface area (Å²) in [5, 5.41) is 2.90. The maximum Gasteiger partial charge on any atom is 0.322 e. The second kappa shape index (κ2) is 7.87. The predicted octanol–water partition coefficient (Wildman–Crippen LogP) is 4.28. The summed E-state index contributed by atoms with van der Waals surface area (Å²) in [6, 6.07) is 14.8. The molecule has 1 atom stereocenters. The molecule has 0 saturated heterocycles. The van der Waals surface area contributed by atoms with Crippen molar-refractivity contribution in [3.63, 3.8) is 0 Å². The van der Waals surface area contributed by atoms with Crippen LogP contribution >= 0.6 is 0 Å². The van der Waals surface area contributed by atoms with Crippen LogP contribution in [0.15, 0.2) is 60.8 Å². The highest BCUT2D eigenvalue weighted by Gasteiger charge is 2.33. The van der Waals surface area contributed by atoms with Crippen molar-refractivity contribution in [2.45, 2.75) is 12.6 Å². The molecule has 0 saturated carbocycles. The molecule has 0 spiro atoms. The van der Waals surface area contributed by atoms with Gasteiger partial charge in [0, 0.05) is 42.3 Å². The topological polar surface area (TPSA) is 55.7 Å². The van der Waals surface area contributed by atoms with E-state index in [1.165, 1.54) is 13.2 Å². The van der Waals surface area contributed by atoms with E-state index in [1.54, 1.807) is 48.4 Å². The van der Waals surface area contributed by atoms with Crippen molar-refractivity contribution in [2.24, 2.45) is 0 Å². The highest BCUT2D eigenvalue weighted by atomic mass is 19.1. The standard InChI is InChI=1S/C22H22FN3O3/c1-28-19-10-9-15(14-20(19)29-2)24-22(27)26-13-12-25-11-5-8-18(25)21(26)16-6-3-4-7-17(16)23/h3-11,14,21H,12-13H2,1-2H3,(H,24,27). The molecule has 1 unspecified atom stereocenters. The number of halogens is 1. The number of anilines is 1. The Morgan fingerprint density at radius 1 is 1.03 bits per heavy atom. The molecule has 3 aromatic rings. The minimum absolute atomic E-state index is 0.307. The predicted molar refractivity (Wildman–Crippen MR) is 108 cm³/mol. The Morgan fingerprint density at radius 3 is 2.59 bits per heavy atom. The van der Waals surface area contributed by atoms with Crippen LogP contribution in [-0.4, -0.2) is 36.3 Å². The number of carbonyl (C=O) groups is 1. The average molecular weight is 395 g/mol. The quantitative estimate of drug-likeness (QED) is 0.717. The van der Waals surface area contributed by atoms with Crippen molar-refractivity contribution in [3.8, 4) is 11.5 Å². The van der Waals surface area contributed by atoms with Gasteiger partial charge in [-0.05, 0) is 30.3 Å². The zero-order chi connectivity index (χ0) is 20.4. The Labute approximate surface area is 168 Å². The van der Waals surface area contributed by atoms with Gasteiger partial charge in [0.25, 0.3) is 0 Å². The third-order valence-electron chi connectivity index (χ3n) is 5.13. The number of nitrogens with one attached hydrogen (secondary N) is 1. The van der Waals surface area contributed by atoms with Gasteiger partial charge in [0.05, 0.1) is 14.2 Å². The largest absolute Gasteiger partial charge is 0.493 e. The number of fused-ring (bicyclic) bond motifs is 1. The van der Waals surface area contributed by atoms with Crippen molar-refractivity contribution in [2.75, 3.05) is 26.1 Å². The summed E-state index contributed by atoms with van der Waals surface area (Å²) >= 11 is 0. The summed E-state index contributed by atoms with van der Waals surface area (Å²) < 4.78 is 27.2. The van der Waals surface area contributed by atoms with Gasteiger partial charge in [0.2, 0.25) is 0 Å². The second-order valence-electron chi connectivity index (χ2n) is 6.74. The lowest BCUT2D eigenvalue weighted by Gasteiger charge is -2.37. The van der Waals surface area contributed by atoms with E-state index < -0.39 is 6.04 Å². The highest BCUT2D eigenvalue weighted by Crippen LogP contribution is 2.35. The molecule has 7 heteroatoms. The van der Waals surface area contributed by atoms with E-state index in [1.807, 2.05) is 18.3 Å². The number of hydrogen-bond acceptors (Lipinski definition) is 3. The van der Waals surface area contributed by atoms with Gasteiger partial charge in [-0.3, -0.25) is 0 Å². The molecule has 0 aliphatic carbocycles. The molecule has 1 N–H and O–H groups in total. The molecule has 0 radical (unpaired) electrons. The molecule has 1 aliphatic heterocycles. The van der Waals surface area contributed by atoms with Crippen LogP contribution in [-0.2, 0) is 6.54 Å². The van der Waals surface area contributed by atoms with Crippen molar-refractivity contribution in [1.82, 2.24) is 9.47 Å². The number of aromatic nitrogens is 1. The van der Waals surface area contributed by atoms with Crippen LogP contribution in [0.25, 0.3) is 0 Å². The molecule has 29 heavy (non-hydrogen) atoms. The minimum atomic E-state index is -0.514. The van der Waals surface area contributed by atoms with E-state index in [-0.39, 0.29) is 11.8 Å². The number of rotatable bonds is 4. The molecule has 4 rings (SSSR count). The Bertz CT molecular complexity index is 1030. The molecule has 2 aromatic carbocycles. The lowest BCUT2D eigenvalue weighted by Crippen LogP contribution is -2.44. The summed E-state index contributed by atoms with van der Waals surface area (Å²) in [4.78, 5) is 14.8. The molecule has 1 aromatic heterocycles. The van der Waals surface area contributed by atoms with Crippen LogP contribution in [0.5, 0.6) is 11.5 Å². The normalized spacial score (nSPS) is 15.6. The Balaban J connectivity index is 1.66. The first-order chi connectivity index (χ1) is 14.1. The molecule has 2 heterocycles. The zero-order valence-electron chi connectivity index (χ0n) is 16.3. The van der Waals surface area contributed by atoms with Gasteiger partial charge >= 0.3 is 6.03 Å². The Kier molecular flexibility index (Phi) is 5.12. The molecule has 150 valence electrons. The third kappa shape index (κ3) is 3.51. The van der Waals surface area contributed by atoms with Gasteiger partial charge in [-0.2, -0.15) is 0 Å². The van der Waals surface area contributed by atoms with Gasteiger partial charge < -0.3 is 24.3 Å². The second-order valence-corrected chi connectivity index (χ2v) is 6.74. The van der Waals surface area contributed by atoms with E-state index >= 15 is 0 Å². The number of methoxy groups -OCH3 is 2. The average Bonchev–Trinajstić information content (AvgIpc) is 3.22. The summed E-state index contributed by atoms with van der Waals surface area (Å²) in [6.07, 6.45) is 1.95. The van der Waals surface area contributed by atoms with Crippen LogP contribution in [0.2, 0.25) is 0 Å². The summed E-state index contributed by atoms with van der Waals surface area (Å²) in [5.74, 6) is 0.755. The number of urea groups is 1. The SMILES string of the molecule is COc1ccc(NC(=O)N2CCn3cccc3C2c2ccccc2F)cc1OC. The number of hydrogen-bond donors (Lipinski definition) is 1. The number of ether oxygens (including phenoxy) is 2. The molecule has 6 nitrogen and oxygen atoms in total. The van der Waals surface area contributed by atoms with Crippen LogP contribution in [0, 0.1) is 5.82 Å². The molecule has 2 amide bonds. The maximum atomic E-state index is 14.6. The summed E-state index contributed by atoms with van der Waals surface area (Å²) in [6.45, 7) is 1.10. The van der Waals surface area contributed by atoms with Crippen molar-refractivity contribution in [3.05, 3.63) is 77.9 Å². The first-order valence-electron chi connectivity index (χ1n) is 9.31. The fraction of sp³-hybridized carbons (Fsp3) is 0.227. The van der Waals surface area contributed by atoms with Crippen molar-refractivity contribution in [1.29, 1.82) is 0 Å². The smallest absolute Gasteiger partial charge is 0.322 e. The van der Waals surface area contributed by atoms with Gasteiger partial charge in [0.1, 0.15) is 11.9 Å². The van der Waals surface area contributed by atoms with Crippen molar-refractivity contribution >= 4 is 11.7 Å². The van der Waals surface area contributed by atoms with Crippen LogP contribution in [0.4, 0.5) is 14.9 Å². The highest BCUT2D eigenvalue weighted by molar-refractivity contribution is 5.90. The van der Waals surface area contributed by atoms with E-state index in [4.69, 9.17) is 9.47 Å². The van der Waals surface area contributed by atoms with Crippen LogP contribution < -0.4 is 14.8 Å². The lowest BCUT2D eigenvalue weighted by atomic mass is 9.99. The van der Waals surface area contributed by atoms with Gasteiger partial charge in [-0.15, -0.1) is 0 Å². The molecular formula is C22H22FN3O3. The molecule has 0 bridgehead atoms. The van der Waals surface area contributed by atoms with E-state index in [9.17, 15) is 9.18 Å². The molecular weight excluding hydrogens is 373 g/mol. The fourth-order valence-corrected chi connectivity index (χ4v) is 3.74. The first kappa shape index (κ1) is 18.9. The van der Waals surface area contributed by atoms with Gasteiger partial charge in [-0.1, -0.05) is 18.2 Å². The van der Waals surface area contributed by atoms with Crippen LogP contribution in [0.1, 0.15) is 17.3 Å². The number of nitrogens with zero attached hydrogens (tertiary/aromatic N) is 2. The maximum absolute atomic E-state index is 14.6.